The van der Waals surface area contributed by atoms with Gasteiger partial charge in [0.05, 0.1) is 5.69 Å². The Balaban J connectivity index is 3.33. The number of aromatic carboxylic acids is 1. The summed E-state index contributed by atoms with van der Waals surface area (Å²) in [4.78, 5) is 11.0. The molecule has 0 heterocycles. The zero-order valence-corrected chi connectivity index (χ0v) is 9.35. The van der Waals surface area contributed by atoms with E-state index in [9.17, 15) is 9.18 Å². The molecule has 0 atom stereocenters. The fourth-order valence-electron chi connectivity index (χ4n) is 1.32. The molecule has 0 fully saturated rings. The van der Waals surface area contributed by atoms with Crippen molar-refractivity contribution in [3.05, 3.63) is 54.0 Å². The number of rotatable bonds is 4. The van der Waals surface area contributed by atoms with E-state index in [4.69, 9.17) is 10.9 Å². The van der Waals surface area contributed by atoms with Crippen LogP contribution in [0.2, 0.25) is 0 Å². The van der Waals surface area contributed by atoms with Crippen molar-refractivity contribution in [3.8, 4) is 0 Å². The Morgan fingerprint density at radius 1 is 1.59 bits per heavy atom. The molecule has 0 unspecified atom stereocenters. The number of halogens is 1. The van der Waals surface area contributed by atoms with E-state index in [2.05, 4.69) is 6.58 Å². The normalized spacial score (nSPS) is 10.5. The molecule has 90 valence electrons. The number of hydrogen-bond acceptors (Lipinski definition) is 3. The molecule has 0 aliphatic carbocycles. The largest absolute Gasteiger partial charge is 0.478 e. The quantitative estimate of drug-likeness (QED) is 0.478. The summed E-state index contributed by atoms with van der Waals surface area (Å²) >= 11 is 0. The van der Waals surface area contributed by atoms with Gasteiger partial charge in [-0.3, -0.25) is 5.01 Å². The number of hydrazine groups is 1. The highest BCUT2D eigenvalue weighted by Gasteiger charge is 2.19. The van der Waals surface area contributed by atoms with Crippen molar-refractivity contribution in [1.82, 2.24) is 0 Å². The molecule has 1 aromatic rings. The SMILES string of the molecule is C=C/C=C\N(N)c1ccc(C)c(F)c1C(=O)O. The van der Waals surface area contributed by atoms with Crippen LogP contribution in [0.4, 0.5) is 10.1 Å². The number of aryl methyl sites for hydroxylation is 1. The van der Waals surface area contributed by atoms with Gasteiger partial charge in [0.1, 0.15) is 11.4 Å². The molecular formula is C12H13FN2O2. The van der Waals surface area contributed by atoms with Gasteiger partial charge in [-0.05, 0) is 24.6 Å². The van der Waals surface area contributed by atoms with E-state index in [1.807, 2.05) is 0 Å². The lowest BCUT2D eigenvalue weighted by Crippen LogP contribution is -2.26. The van der Waals surface area contributed by atoms with Crippen LogP contribution in [0.25, 0.3) is 0 Å². The minimum atomic E-state index is -1.36. The van der Waals surface area contributed by atoms with Gasteiger partial charge in [-0.2, -0.15) is 0 Å². The second-order valence-electron chi connectivity index (χ2n) is 3.38. The molecule has 0 saturated carbocycles. The molecule has 4 nitrogen and oxygen atoms in total. The molecule has 0 spiro atoms. The zero-order chi connectivity index (χ0) is 13.0. The Labute approximate surface area is 98.4 Å². The van der Waals surface area contributed by atoms with Crippen molar-refractivity contribution < 1.29 is 14.3 Å². The Bertz CT molecular complexity index is 484. The maximum Gasteiger partial charge on any atom is 0.340 e. The van der Waals surface area contributed by atoms with Crippen LogP contribution in [0.15, 0.2) is 37.1 Å². The zero-order valence-electron chi connectivity index (χ0n) is 9.35. The summed E-state index contributed by atoms with van der Waals surface area (Å²) in [5.41, 5.74) is -0.104. The van der Waals surface area contributed by atoms with Gasteiger partial charge in [0.15, 0.2) is 0 Å². The lowest BCUT2D eigenvalue weighted by molar-refractivity contribution is 0.0692. The van der Waals surface area contributed by atoms with Gasteiger partial charge in [0, 0.05) is 6.20 Å². The van der Waals surface area contributed by atoms with Gasteiger partial charge in [-0.15, -0.1) is 0 Å². The first kappa shape index (κ1) is 12.9. The van der Waals surface area contributed by atoms with E-state index in [0.717, 1.165) is 5.01 Å². The smallest absolute Gasteiger partial charge is 0.340 e. The van der Waals surface area contributed by atoms with Crippen molar-refractivity contribution in [3.63, 3.8) is 0 Å². The molecule has 3 N–H and O–H groups in total. The van der Waals surface area contributed by atoms with Crippen LogP contribution in [0, 0.1) is 12.7 Å². The second kappa shape index (κ2) is 5.27. The molecule has 0 aliphatic heterocycles. The lowest BCUT2D eigenvalue weighted by Gasteiger charge is -2.17. The van der Waals surface area contributed by atoms with Gasteiger partial charge >= 0.3 is 5.97 Å². The molecule has 0 aromatic heterocycles. The van der Waals surface area contributed by atoms with Crippen LogP contribution in [0.3, 0.4) is 0 Å². The highest BCUT2D eigenvalue weighted by Crippen LogP contribution is 2.24. The Hall–Kier alpha value is -2.14. The Kier molecular flexibility index (Phi) is 4.01. The van der Waals surface area contributed by atoms with Crippen molar-refractivity contribution >= 4 is 11.7 Å². The molecule has 0 aliphatic rings. The predicted molar refractivity (Wildman–Crippen MR) is 64.1 cm³/mol. The van der Waals surface area contributed by atoms with Crippen molar-refractivity contribution in [2.45, 2.75) is 6.92 Å². The molecule has 0 amide bonds. The second-order valence-corrected chi connectivity index (χ2v) is 3.38. The van der Waals surface area contributed by atoms with Crippen molar-refractivity contribution in [2.24, 2.45) is 5.84 Å². The number of carboxylic acid groups (broad SMARTS) is 1. The molecular weight excluding hydrogens is 223 g/mol. The predicted octanol–water partition coefficient (Wildman–Crippen LogP) is 2.21. The number of nitrogens with two attached hydrogens (primary N) is 1. The summed E-state index contributed by atoms with van der Waals surface area (Å²) in [7, 11) is 0. The fraction of sp³-hybridized carbons (Fsp3) is 0.0833. The molecule has 5 heteroatoms. The van der Waals surface area contributed by atoms with Gasteiger partial charge < -0.3 is 5.11 Å². The van der Waals surface area contributed by atoms with Gasteiger partial charge in [0.25, 0.3) is 0 Å². The van der Waals surface area contributed by atoms with Gasteiger partial charge in [-0.25, -0.2) is 15.0 Å². The summed E-state index contributed by atoms with van der Waals surface area (Å²) in [5.74, 6) is 3.47. The summed E-state index contributed by atoms with van der Waals surface area (Å²) < 4.78 is 13.7. The van der Waals surface area contributed by atoms with Crippen LogP contribution >= 0.6 is 0 Å². The van der Waals surface area contributed by atoms with E-state index < -0.39 is 17.3 Å². The van der Waals surface area contributed by atoms with Crippen LogP contribution in [-0.2, 0) is 0 Å². The minimum Gasteiger partial charge on any atom is -0.478 e. The Morgan fingerprint density at radius 2 is 2.24 bits per heavy atom. The number of nitrogens with zero attached hydrogens (tertiary/aromatic N) is 1. The van der Waals surface area contributed by atoms with Crippen LogP contribution < -0.4 is 10.9 Å². The highest BCUT2D eigenvalue weighted by atomic mass is 19.1. The van der Waals surface area contributed by atoms with E-state index in [-0.39, 0.29) is 11.3 Å². The summed E-state index contributed by atoms with van der Waals surface area (Å²) in [6.07, 6.45) is 4.39. The number of allylic oxidation sites excluding steroid dienone is 2. The summed E-state index contributed by atoms with van der Waals surface area (Å²) in [6, 6.07) is 2.92. The molecule has 0 radical (unpaired) electrons. The fourth-order valence-corrected chi connectivity index (χ4v) is 1.32. The first-order valence-corrected chi connectivity index (χ1v) is 4.84. The monoisotopic (exact) mass is 236 g/mol. The average Bonchev–Trinajstić information content (AvgIpc) is 2.28. The standard InChI is InChI=1S/C12H13FN2O2/c1-3-4-7-15(14)9-6-5-8(2)11(13)10(9)12(16)17/h3-7H,1,14H2,2H3,(H,16,17)/b7-4-. The first-order chi connectivity index (χ1) is 7.99. The highest BCUT2D eigenvalue weighted by molar-refractivity contribution is 5.95. The number of anilines is 1. The molecule has 0 saturated heterocycles. The third-order valence-electron chi connectivity index (χ3n) is 2.19. The topological polar surface area (TPSA) is 66.6 Å². The number of carboxylic acids is 1. The van der Waals surface area contributed by atoms with Crippen LogP contribution in [0.1, 0.15) is 15.9 Å². The number of hydrogen-bond donors (Lipinski definition) is 2. The lowest BCUT2D eigenvalue weighted by atomic mass is 10.1. The molecule has 17 heavy (non-hydrogen) atoms. The minimum absolute atomic E-state index is 0.0821. The van der Waals surface area contributed by atoms with Gasteiger partial charge in [0.2, 0.25) is 0 Å². The molecule has 0 bridgehead atoms. The molecule has 1 aromatic carbocycles. The van der Waals surface area contributed by atoms with Crippen LogP contribution in [-0.4, -0.2) is 11.1 Å². The summed E-state index contributed by atoms with van der Waals surface area (Å²) in [6.45, 7) is 4.95. The van der Waals surface area contributed by atoms with E-state index >= 15 is 0 Å². The maximum absolute atomic E-state index is 13.7. The van der Waals surface area contributed by atoms with E-state index in [1.165, 1.54) is 37.4 Å². The number of benzene rings is 1. The first-order valence-electron chi connectivity index (χ1n) is 4.84. The maximum atomic E-state index is 13.7. The molecule has 1 rings (SSSR count). The van der Waals surface area contributed by atoms with Crippen molar-refractivity contribution in [1.29, 1.82) is 0 Å². The third kappa shape index (κ3) is 2.70. The van der Waals surface area contributed by atoms with Gasteiger partial charge in [-0.1, -0.05) is 18.7 Å². The number of carbonyl (C=O) groups is 1. The van der Waals surface area contributed by atoms with Crippen molar-refractivity contribution in [2.75, 3.05) is 5.01 Å². The average molecular weight is 236 g/mol. The Morgan fingerprint density at radius 3 is 2.76 bits per heavy atom. The summed E-state index contributed by atoms with van der Waals surface area (Å²) in [5, 5.41) is 10.0. The van der Waals surface area contributed by atoms with Crippen LogP contribution in [0.5, 0.6) is 0 Å². The van der Waals surface area contributed by atoms with E-state index in [0.29, 0.717) is 0 Å². The third-order valence-corrected chi connectivity index (χ3v) is 2.19. The van der Waals surface area contributed by atoms with E-state index in [1.54, 1.807) is 0 Å².